The number of nitrogens with one attached hydrogen (secondary N) is 1. The highest BCUT2D eigenvalue weighted by molar-refractivity contribution is 5.72. The first-order valence-corrected chi connectivity index (χ1v) is 11.3. The molecule has 1 aliphatic heterocycles. The van der Waals surface area contributed by atoms with Crippen LogP contribution in [0.3, 0.4) is 0 Å². The molecule has 172 valence electrons. The molecule has 0 aliphatic carbocycles. The van der Waals surface area contributed by atoms with Gasteiger partial charge in [0.25, 0.3) is 0 Å². The summed E-state index contributed by atoms with van der Waals surface area (Å²) in [5.74, 6) is 3.70. The molecule has 1 fully saturated rings. The second-order valence-electron chi connectivity index (χ2n) is 9.11. The van der Waals surface area contributed by atoms with Crippen LogP contribution in [0.2, 0.25) is 0 Å². The normalized spacial score (nSPS) is 18.8. The fourth-order valence-corrected chi connectivity index (χ4v) is 4.71. The largest absolute Gasteiger partial charge is 0.488 e. The molecule has 33 heavy (non-hydrogen) atoms. The van der Waals surface area contributed by atoms with Crippen LogP contribution < -0.4 is 10.1 Å². The lowest BCUT2D eigenvalue weighted by molar-refractivity contribution is 0.198. The van der Waals surface area contributed by atoms with Crippen molar-refractivity contribution in [2.24, 2.45) is 13.0 Å². The molecule has 9 nitrogen and oxygen atoms in total. The molecule has 0 unspecified atom stereocenters. The molecule has 1 saturated heterocycles. The third-order valence-corrected chi connectivity index (χ3v) is 6.19. The Hall–Kier alpha value is -3.46. The van der Waals surface area contributed by atoms with E-state index in [-0.39, 0.29) is 0 Å². The first-order valence-electron chi connectivity index (χ1n) is 11.3. The summed E-state index contributed by atoms with van der Waals surface area (Å²) in [6, 6.07) is 8.48. The van der Waals surface area contributed by atoms with Gasteiger partial charge in [-0.3, -0.25) is 9.58 Å². The van der Waals surface area contributed by atoms with Crippen molar-refractivity contribution >= 4 is 17.2 Å². The lowest BCUT2D eigenvalue weighted by Crippen LogP contribution is -2.30. The average molecular weight is 447 g/mol. The van der Waals surface area contributed by atoms with E-state index >= 15 is 0 Å². The molecule has 0 saturated carbocycles. The number of fused-ring (bicyclic) bond motifs is 1. The van der Waals surface area contributed by atoms with Crippen LogP contribution in [-0.2, 0) is 7.05 Å². The van der Waals surface area contributed by atoms with Gasteiger partial charge < -0.3 is 10.1 Å². The number of likely N-dealkylation sites (tertiary alicyclic amines) is 1. The number of hydrogen-bond donors (Lipinski definition) is 1. The topological polar surface area (TPSA) is 85.4 Å². The van der Waals surface area contributed by atoms with Crippen molar-refractivity contribution in [3.8, 4) is 17.0 Å². The predicted molar refractivity (Wildman–Crippen MR) is 128 cm³/mol. The van der Waals surface area contributed by atoms with Gasteiger partial charge in [0, 0.05) is 49.2 Å². The van der Waals surface area contributed by atoms with Crippen molar-refractivity contribution in [3.05, 3.63) is 48.2 Å². The summed E-state index contributed by atoms with van der Waals surface area (Å²) in [4.78, 5) is 11.1. The molecule has 9 heteroatoms. The summed E-state index contributed by atoms with van der Waals surface area (Å²) in [5.41, 5.74) is 3.88. The first kappa shape index (κ1) is 21.4. The van der Waals surface area contributed by atoms with Crippen LogP contribution in [0.15, 0.2) is 36.7 Å². The van der Waals surface area contributed by atoms with Gasteiger partial charge in [0.2, 0.25) is 0 Å². The van der Waals surface area contributed by atoms with Gasteiger partial charge in [-0.1, -0.05) is 6.92 Å². The van der Waals surface area contributed by atoms with Crippen molar-refractivity contribution in [2.75, 3.05) is 25.5 Å². The van der Waals surface area contributed by atoms with E-state index in [1.165, 1.54) is 0 Å². The summed E-state index contributed by atoms with van der Waals surface area (Å²) in [6.45, 7) is 7.92. The summed E-state index contributed by atoms with van der Waals surface area (Å²) in [5, 5.41) is 12.4. The Labute approximate surface area is 193 Å². The van der Waals surface area contributed by atoms with Crippen LogP contribution in [0, 0.1) is 19.8 Å². The Bertz CT molecular complexity index is 1270. The van der Waals surface area contributed by atoms with Gasteiger partial charge in [0.1, 0.15) is 23.9 Å². The zero-order valence-electron chi connectivity index (χ0n) is 19.8. The van der Waals surface area contributed by atoms with Crippen molar-refractivity contribution in [1.29, 1.82) is 0 Å². The number of anilines is 2. The molecule has 0 bridgehead atoms. The van der Waals surface area contributed by atoms with Crippen LogP contribution in [0.4, 0.5) is 11.6 Å². The smallest absolute Gasteiger partial charge is 0.165 e. The van der Waals surface area contributed by atoms with Crippen LogP contribution in [-0.4, -0.2) is 60.5 Å². The maximum absolute atomic E-state index is 6.26. The number of nitrogens with zero attached hydrogens (tertiary/aromatic N) is 7. The molecule has 0 amide bonds. The maximum Gasteiger partial charge on any atom is 0.165 e. The van der Waals surface area contributed by atoms with Gasteiger partial charge in [-0.25, -0.2) is 14.5 Å². The number of aryl methyl sites for hydroxylation is 3. The molecule has 4 aromatic heterocycles. The predicted octanol–water partition coefficient (Wildman–Crippen LogP) is 3.60. The van der Waals surface area contributed by atoms with Gasteiger partial charge in [0.15, 0.2) is 11.6 Å². The number of pyridine rings is 1. The lowest BCUT2D eigenvalue weighted by atomic mass is 10.1. The van der Waals surface area contributed by atoms with E-state index in [1.807, 2.05) is 54.5 Å². The van der Waals surface area contributed by atoms with E-state index < -0.39 is 0 Å². The fourth-order valence-electron chi connectivity index (χ4n) is 4.71. The van der Waals surface area contributed by atoms with Crippen molar-refractivity contribution in [1.82, 2.24) is 34.3 Å². The molecule has 0 radical (unpaired) electrons. The van der Waals surface area contributed by atoms with Crippen LogP contribution in [0.5, 0.6) is 5.75 Å². The van der Waals surface area contributed by atoms with Gasteiger partial charge in [-0.2, -0.15) is 10.2 Å². The Morgan fingerprint density at radius 1 is 1.12 bits per heavy atom. The van der Waals surface area contributed by atoms with E-state index in [0.717, 1.165) is 58.6 Å². The zero-order chi connectivity index (χ0) is 23.1. The highest BCUT2D eigenvalue weighted by Crippen LogP contribution is 2.32. The van der Waals surface area contributed by atoms with Crippen molar-refractivity contribution in [2.45, 2.75) is 33.2 Å². The fraction of sp³-hybridized carbons (Fsp3) is 0.417. The van der Waals surface area contributed by atoms with Gasteiger partial charge in [0.05, 0.1) is 11.7 Å². The average Bonchev–Trinajstić information content (AvgIpc) is 3.40. The Kier molecular flexibility index (Phi) is 5.49. The molecule has 0 spiro atoms. The van der Waals surface area contributed by atoms with Crippen molar-refractivity contribution < 1.29 is 4.74 Å². The van der Waals surface area contributed by atoms with Crippen LogP contribution in [0.25, 0.3) is 16.8 Å². The summed E-state index contributed by atoms with van der Waals surface area (Å²) in [7, 11) is 4.12. The Balaban J connectivity index is 1.38. The molecular formula is C24H30N8O. The number of ether oxygens (including phenoxy) is 1. The Morgan fingerprint density at radius 2 is 1.97 bits per heavy atom. The first-order chi connectivity index (χ1) is 15.9. The van der Waals surface area contributed by atoms with Gasteiger partial charge >= 0.3 is 0 Å². The minimum Gasteiger partial charge on any atom is -0.488 e. The molecule has 1 N–H and O–H groups in total. The van der Waals surface area contributed by atoms with E-state index in [1.54, 1.807) is 6.20 Å². The lowest BCUT2D eigenvalue weighted by Gasteiger charge is -2.19. The van der Waals surface area contributed by atoms with E-state index in [4.69, 9.17) is 4.74 Å². The summed E-state index contributed by atoms with van der Waals surface area (Å²) >= 11 is 0. The number of likely N-dealkylation sites (N-methyl/N-ethyl adjacent to an activating group) is 1. The minimum atomic E-state index is 0.438. The second-order valence-corrected chi connectivity index (χ2v) is 9.11. The summed E-state index contributed by atoms with van der Waals surface area (Å²) in [6.07, 6.45) is 4.92. The maximum atomic E-state index is 6.26. The molecular weight excluding hydrogens is 416 g/mol. The Morgan fingerprint density at radius 3 is 2.73 bits per heavy atom. The van der Waals surface area contributed by atoms with E-state index in [2.05, 4.69) is 50.4 Å². The second kappa shape index (κ2) is 8.47. The highest BCUT2D eigenvalue weighted by atomic mass is 16.5. The monoisotopic (exact) mass is 446 g/mol. The van der Waals surface area contributed by atoms with Crippen LogP contribution >= 0.6 is 0 Å². The number of hydrogen-bond acceptors (Lipinski definition) is 7. The quantitative estimate of drug-likeness (QED) is 0.484. The number of aromatic nitrogens is 6. The standard InChI is InChI=1S/C24H30N8O/c1-15-8-20(30(4)13-15)14-33-21-12-25-31(5)24(21)18-6-7-32-19(10-18)11-23(29-32)28-22-9-16(2)26-17(3)27-22/h6-7,9-12,15,20H,8,13-14H2,1-5H3,(H,26,27,28,29)/t15-,20+/m0/s1. The molecule has 4 aromatic rings. The zero-order valence-corrected chi connectivity index (χ0v) is 19.8. The summed E-state index contributed by atoms with van der Waals surface area (Å²) < 4.78 is 9.97. The molecule has 5 rings (SSSR count). The van der Waals surface area contributed by atoms with Crippen molar-refractivity contribution in [3.63, 3.8) is 0 Å². The van der Waals surface area contributed by atoms with E-state index in [9.17, 15) is 0 Å². The highest BCUT2D eigenvalue weighted by Gasteiger charge is 2.27. The molecule has 5 heterocycles. The van der Waals surface area contributed by atoms with Gasteiger partial charge in [-0.15, -0.1) is 0 Å². The SMILES string of the molecule is Cc1cc(Nc2cc3cc(-c4c(OC[C@H]5C[C@H](C)CN5C)cnn4C)ccn3n2)nc(C)n1. The molecule has 0 aromatic carbocycles. The molecule has 2 atom stereocenters. The third kappa shape index (κ3) is 4.41. The number of rotatable bonds is 6. The molecule has 1 aliphatic rings. The third-order valence-electron chi connectivity index (χ3n) is 6.19. The van der Waals surface area contributed by atoms with Gasteiger partial charge in [-0.05, 0) is 45.4 Å². The minimum absolute atomic E-state index is 0.438. The van der Waals surface area contributed by atoms with E-state index in [0.29, 0.717) is 18.6 Å². The van der Waals surface area contributed by atoms with Crippen LogP contribution in [0.1, 0.15) is 24.9 Å².